The highest BCUT2D eigenvalue weighted by Crippen LogP contribution is 2.40. The molecule has 0 bridgehead atoms. The van der Waals surface area contributed by atoms with Crippen molar-refractivity contribution in [3.63, 3.8) is 0 Å². The first-order chi connectivity index (χ1) is 16.0. The number of aromatic amines is 1. The molecule has 9 nitrogen and oxygen atoms in total. The topological polar surface area (TPSA) is 91.5 Å². The standard InChI is InChI=1S/C23H24N6O3S/c1-14-18(15(2)28(27-14)17-9-7-6-8-10-17)13-24-29-22(25-26-23(29)33)16-11-19(30-3)21(32-5)20(12-16)31-4/h6-13H,1-5H3,(H,26,33)/b24-13+. The van der Waals surface area contributed by atoms with Gasteiger partial charge in [0.2, 0.25) is 10.5 Å². The number of rotatable bonds is 7. The average Bonchev–Trinajstić information content (AvgIpc) is 3.35. The van der Waals surface area contributed by atoms with Crippen molar-refractivity contribution in [2.24, 2.45) is 5.10 Å². The quantitative estimate of drug-likeness (QED) is 0.324. The second-order valence-electron chi connectivity index (χ2n) is 7.15. The molecule has 170 valence electrons. The Labute approximate surface area is 196 Å². The van der Waals surface area contributed by atoms with Crippen molar-refractivity contribution in [2.45, 2.75) is 13.8 Å². The molecule has 33 heavy (non-hydrogen) atoms. The third-order valence-corrected chi connectivity index (χ3v) is 5.49. The minimum atomic E-state index is 0.348. The first kappa shape index (κ1) is 22.3. The summed E-state index contributed by atoms with van der Waals surface area (Å²) in [5.41, 5.74) is 4.40. The van der Waals surface area contributed by atoms with E-state index in [2.05, 4.69) is 20.4 Å². The van der Waals surface area contributed by atoms with Gasteiger partial charge in [-0.3, -0.25) is 0 Å². The van der Waals surface area contributed by atoms with Crippen LogP contribution in [-0.4, -0.2) is 52.2 Å². The molecule has 0 saturated heterocycles. The first-order valence-corrected chi connectivity index (χ1v) is 10.5. The van der Waals surface area contributed by atoms with Crippen molar-refractivity contribution < 1.29 is 14.2 Å². The van der Waals surface area contributed by atoms with Crippen LogP contribution in [0.3, 0.4) is 0 Å². The maximum absolute atomic E-state index is 5.47. The fourth-order valence-corrected chi connectivity index (χ4v) is 3.75. The van der Waals surface area contributed by atoms with E-state index in [-0.39, 0.29) is 0 Å². The molecule has 1 N–H and O–H groups in total. The third-order valence-electron chi connectivity index (χ3n) is 5.22. The van der Waals surface area contributed by atoms with Crippen LogP contribution >= 0.6 is 12.2 Å². The highest BCUT2D eigenvalue weighted by atomic mass is 32.1. The number of nitrogens with one attached hydrogen (secondary N) is 1. The van der Waals surface area contributed by atoms with Crippen LogP contribution in [0.5, 0.6) is 17.2 Å². The maximum atomic E-state index is 5.47. The van der Waals surface area contributed by atoms with Crippen LogP contribution in [0.2, 0.25) is 0 Å². The number of nitrogens with zero attached hydrogens (tertiary/aromatic N) is 5. The van der Waals surface area contributed by atoms with Crippen LogP contribution in [0.15, 0.2) is 47.6 Å². The zero-order chi connectivity index (χ0) is 23.5. The Kier molecular flexibility index (Phi) is 6.27. The minimum absolute atomic E-state index is 0.348. The van der Waals surface area contributed by atoms with Gasteiger partial charge in [0.15, 0.2) is 17.3 Å². The van der Waals surface area contributed by atoms with E-state index in [1.807, 2.05) is 48.9 Å². The summed E-state index contributed by atoms with van der Waals surface area (Å²) in [5.74, 6) is 2.01. The molecule has 0 fully saturated rings. The molecule has 0 aliphatic heterocycles. The van der Waals surface area contributed by atoms with Crippen LogP contribution in [0.4, 0.5) is 0 Å². The van der Waals surface area contributed by atoms with E-state index < -0.39 is 0 Å². The lowest BCUT2D eigenvalue weighted by molar-refractivity contribution is 0.324. The minimum Gasteiger partial charge on any atom is -0.493 e. The summed E-state index contributed by atoms with van der Waals surface area (Å²) < 4.78 is 20.1. The van der Waals surface area contributed by atoms with Crippen molar-refractivity contribution in [2.75, 3.05) is 21.3 Å². The summed E-state index contributed by atoms with van der Waals surface area (Å²) in [5, 5.41) is 16.5. The highest BCUT2D eigenvalue weighted by Gasteiger charge is 2.18. The molecule has 10 heteroatoms. The lowest BCUT2D eigenvalue weighted by atomic mass is 10.1. The van der Waals surface area contributed by atoms with E-state index in [9.17, 15) is 0 Å². The number of hydrogen-bond acceptors (Lipinski definition) is 7. The van der Waals surface area contributed by atoms with Crippen LogP contribution < -0.4 is 14.2 Å². The molecule has 4 rings (SSSR count). The number of H-pyrrole nitrogens is 1. The Bertz CT molecular complexity index is 1350. The van der Waals surface area contributed by atoms with Crippen molar-refractivity contribution in [3.8, 4) is 34.3 Å². The average molecular weight is 465 g/mol. The van der Waals surface area contributed by atoms with Gasteiger partial charge in [-0.25, -0.2) is 9.78 Å². The summed E-state index contributed by atoms with van der Waals surface area (Å²) in [4.78, 5) is 0. The van der Waals surface area contributed by atoms with Crippen molar-refractivity contribution in [1.29, 1.82) is 0 Å². The zero-order valence-corrected chi connectivity index (χ0v) is 19.8. The fourth-order valence-electron chi connectivity index (χ4n) is 3.57. The Morgan fingerprint density at radius 1 is 1.00 bits per heavy atom. The Balaban J connectivity index is 1.77. The number of aromatic nitrogens is 5. The number of para-hydroxylation sites is 1. The molecule has 0 atom stereocenters. The van der Waals surface area contributed by atoms with Gasteiger partial charge >= 0.3 is 0 Å². The smallest absolute Gasteiger partial charge is 0.216 e. The van der Waals surface area contributed by atoms with Gasteiger partial charge in [-0.05, 0) is 50.3 Å². The zero-order valence-electron chi connectivity index (χ0n) is 19.0. The van der Waals surface area contributed by atoms with E-state index in [0.717, 1.165) is 22.6 Å². The molecule has 4 aromatic rings. The molecular formula is C23H24N6O3S. The molecule has 2 aromatic heterocycles. The van der Waals surface area contributed by atoms with Gasteiger partial charge in [0.25, 0.3) is 0 Å². The molecule has 0 unspecified atom stereocenters. The molecule has 0 radical (unpaired) electrons. The van der Waals surface area contributed by atoms with Crippen molar-refractivity contribution in [3.05, 3.63) is 64.2 Å². The van der Waals surface area contributed by atoms with E-state index >= 15 is 0 Å². The van der Waals surface area contributed by atoms with Gasteiger partial charge < -0.3 is 14.2 Å². The van der Waals surface area contributed by atoms with E-state index in [4.69, 9.17) is 26.4 Å². The second kappa shape index (κ2) is 9.29. The van der Waals surface area contributed by atoms with Crippen LogP contribution in [0.1, 0.15) is 17.0 Å². The number of methoxy groups -OCH3 is 3. The van der Waals surface area contributed by atoms with Gasteiger partial charge in [-0.1, -0.05) is 18.2 Å². The Hall–Kier alpha value is -3.92. The molecule has 2 heterocycles. The summed E-state index contributed by atoms with van der Waals surface area (Å²) in [7, 11) is 4.68. The molecule has 0 spiro atoms. The monoisotopic (exact) mass is 464 g/mol. The SMILES string of the molecule is COc1cc(-c2n[nH]c(=S)n2/N=C/c2c(C)nn(-c3ccccc3)c2C)cc(OC)c1OC. The van der Waals surface area contributed by atoms with Crippen molar-refractivity contribution in [1.82, 2.24) is 24.7 Å². The summed E-state index contributed by atoms with van der Waals surface area (Å²) >= 11 is 5.43. The number of hydrogen-bond donors (Lipinski definition) is 1. The predicted molar refractivity (Wildman–Crippen MR) is 129 cm³/mol. The van der Waals surface area contributed by atoms with Gasteiger partial charge in [0.1, 0.15) is 0 Å². The van der Waals surface area contributed by atoms with Crippen LogP contribution in [-0.2, 0) is 0 Å². The third kappa shape index (κ3) is 4.12. The molecule has 0 amide bonds. The number of aryl methyl sites for hydroxylation is 1. The first-order valence-electron chi connectivity index (χ1n) is 10.1. The van der Waals surface area contributed by atoms with E-state index in [1.54, 1.807) is 44.4 Å². The molecule has 0 aliphatic carbocycles. The molecule has 2 aromatic carbocycles. The van der Waals surface area contributed by atoms with Gasteiger partial charge in [0.05, 0.1) is 44.6 Å². The van der Waals surface area contributed by atoms with Gasteiger partial charge in [-0.2, -0.15) is 20.0 Å². The Morgan fingerprint density at radius 2 is 1.67 bits per heavy atom. The second-order valence-corrected chi connectivity index (χ2v) is 7.54. The molecule has 0 aliphatic rings. The predicted octanol–water partition coefficient (Wildman–Crippen LogP) is 4.32. The normalized spacial score (nSPS) is 11.2. The van der Waals surface area contributed by atoms with Crippen molar-refractivity contribution >= 4 is 18.4 Å². The fraction of sp³-hybridized carbons (Fsp3) is 0.217. The van der Waals surface area contributed by atoms with E-state index in [0.29, 0.717) is 33.4 Å². The maximum Gasteiger partial charge on any atom is 0.216 e. The lowest BCUT2D eigenvalue weighted by Gasteiger charge is -2.13. The summed E-state index contributed by atoms with van der Waals surface area (Å²) in [6.45, 7) is 3.95. The highest BCUT2D eigenvalue weighted by molar-refractivity contribution is 7.71. The lowest BCUT2D eigenvalue weighted by Crippen LogP contribution is -2.00. The van der Waals surface area contributed by atoms with E-state index in [1.165, 1.54) is 0 Å². The van der Waals surface area contributed by atoms with Crippen LogP contribution in [0, 0.1) is 18.6 Å². The number of benzene rings is 2. The largest absolute Gasteiger partial charge is 0.493 e. The molecular weight excluding hydrogens is 440 g/mol. The number of ether oxygens (including phenoxy) is 3. The van der Waals surface area contributed by atoms with Gasteiger partial charge in [0, 0.05) is 11.1 Å². The van der Waals surface area contributed by atoms with Crippen LogP contribution in [0.25, 0.3) is 17.1 Å². The summed E-state index contributed by atoms with van der Waals surface area (Å²) in [6.07, 6.45) is 1.74. The Morgan fingerprint density at radius 3 is 2.27 bits per heavy atom. The molecule has 0 saturated carbocycles. The van der Waals surface area contributed by atoms with Gasteiger partial charge in [-0.15, -0.1) is 0 Å². The summed E-state index contributed by atoms with van der Waals surface area (Å²) in [6, 6.07) is 13.5.